The average molecular weight is 516 g/mol. The number of fused-ring (bicyclic) bond motifs is 7. The molecule has 0 radical (unpaired) electrons. The minimum Gasteiger partial charge on any atom is -0.469 e. The van der Waals surface area contributed by atoms with Crippen LogP contribution in [0.1, 0.15) is 86.5 Å². The molecule has 5 heteroatoms. The fourth-order valence-electron chi connectivity index (χ4n) is 10.1. The van der Waals surface area contributed by atoms with Gasteiger partial charge in [0.05, 0.1) is 24.5 Å². The van der Waals surface area contributed by atoms with Gasteiger partial charge in [0.15, 0.2) is 11.6 Å². The topological polar surface area (TPSA) is 64.8 Å². The van der Waals surface area contributed by atoms with Gasteiger partial charge < -0.3 is 9.53 Å². The molecule has 0 N–H and O–H groups in total. The molecule has 0 bridgehead atoms. The number of Topliss-reactive ketones (excluding diaryl/α,β-unsaturated/α-hetero) is 1. The van der Waals surface area contributed by atoms with E-state index in [9.17, 15) is 14.4 Å². The van der Waals surface area contributed by atoms with Gasteiger partial charge in [-0.05, 0) is 79.3 Å². The van der Waals surface area contributed by atoms with Crippen LogP contribution in [-0.4, -0.2) is 24.6 Å². The van der Waals surface area contributed by atoms with Gasteiger partial charge in [0.25, 0.3) is 0 Å². The van der Waals surface area contributed by atoms with E-state index < -0.39 is 27.1 Å². The zero-order valence-electron chi connectivity index (χ0n) is 24.0. The lowest BCUT2D eigenvalue weighted by Crippen LogP contribution is -2.66. The number of hydrogen-bond donors (Lipinski definition) is 0. The molecule has 5 nitrogen and oxygen atoms in total. The Morgan fingerprint density at radius 3 is 2.34 bits per heavy atom. The highest BCUT2D eigenvalue weighted by Crippen LogP contribution is 2.74. The Hall–Kier alpha value is -2.66. The minimum atomic E-state index is -0.730. The van der Waals surface area contributed by atoms with Crippen LogP contribution < -0.4 is 0 Å². The monoisotopic (exact) mass is 515 g/mol. The summed E-state index contributed by atoms with van der Waals surface area (Å²) in [4.78, 5) is 44.7. The zero-order valence-corrected chi connectivity index (χ0v) is 24.0. The average Bonchev–Trinajstić information content (AvgIpc) is 2.85. The molecular weight excluding hydrogens is 474 g/mol. The number of esters is 1. The number of nitrogens with zero attached hydrogens (tertiary/aromatic N) is 1. The maximum Gasteiger partial charge on any atom is 0.312 e. The van der Waals surface area contributed by atoms with Crippen molar-refractivity contribution in [3.8, 4) is 12.3 Å². The van der Waals surface area contributed by atoms with Gasteiger partial charge in [-0.1, -0.05) is 53.5 Å². The molecule has 0 amide bonds. The largest absolute Gasteiger partial charge is 0.469 e. The Bertz CT molecular complexity index is 1290. The van der Waals surface area contributed by atoms with Gasteiger partial charge >= 0.3 is 5.97 Å². The molecule has 5 rings (SSSR count). The van der Waals surface area contributed by atoms with Crippen molar-refractivity contribution >= 4 is 17.5 Å². The number of ether oxygens (including phenoxy) is 1. The van der Waals surface area contributed by atoms with Gasteiger partial charge in [-0.3, -0.25) is 9.59 Å². The first kappa shape index (κ1) is 26.9. The molecular formula is C33H41NO4. The number of terminal acetylenes is 1. The third-order valence-electron chi connectivity index (χ3n) is 12.1. The van der Waals surface area contributed by atoms with Crippen molar-refractivity contribution in [3.05, 3.63) is 34.8 Å². The molecule has 0 unspecified atom stereocenters. The van der Waals surface area contributed by atoms with Gasteiger partial charge in [-0.2, -0.15) is 0 Å². The highest BCUT2D eigenvalue weighted by atomic mass is 16.5. The zero-order chi connectivity index (χ0) is 28.1. The van der Waals surface area contributed by atoms with Gasteiger partial charge in [-0.15, -0.1) is 6.42 Å². The number of ketones is 2. The molecule has 3 fully saturated rings. The van der Waals surface area contributed by atoms with E-state index in [1.807, 2.05) is 19.9 Å². The lowest BCUT2D eigenvalue weighted by molar-refractivity contribution is -0.187. The van der Waals surface area contributed by atoms with Crippen LogP contribution in [-0.2, 0) is 19.1 Å². The smallest absolute Gasteiger partial charge is 0.312 e. The second-order valence-electron chi connectivity index (χ2n) is 14.6. The van der Waals surface area contributed by atoms with Crippen LogP contribution in [0.15, 0.2) is 23.4 Å². The molecule has 202 valence electrons. The summed E-state index contributed by atoms with van der Waals surface area (Å²) in [5.41, 5.74) is -2.24. The molecule has 0 aromatic heterocycles. The van der Waals surface area contributed by atoms with Gasteiger partial charge in [-0.25, -0.2) is 4.85 Å². The van der Waals surface area contributed by atoms with E-state index in [0.717, 1.165) is 31.3 Å². The molecule has 38 heavy (non-hydrogen) atoms. The molecule has 3 saturated carbocycles. The quantitative estimate of drug-likeness (QED) is 0.232. The van der Waals surface area contributed by atoms with Crippen LogP contribution in [0.4, 0.5) is 0 Å². The predicted molar refractivity (Wildman–Crippen MR) is 145 cm³/mol. The Kier molecular flexibility index (Phi) is 5.63. The fraction of sp³-hybridized carbons (Fsp3) is 0.697. The molecule has 5 aliphatic carbocycles. The molecule has 0 aliphatic heterocycles. The fourth-order valence-corrected chi connectivity index (χ4v) is 10.1. The van der Waals surface area contributed by atoms with Crippen molar-refractivity contribution in [3.63, 3.8) is 0 Å². The Labute approximate surface area is 227 Å². The van der Waals surface area contributed by atoms with E-state index in [2.05, 4.69) is 38.5 Å². The van der Waals surface area contributed by atoms with Crippen LogP contribution in [0.3, 0.4) is 0 Å². The Balaban J connectivity index is 1.74. The molecule has 0 aromatic rings. The van der Waals surface area contributed by atoms with Crippen molar-refractivity contribution in [2.24, 2.45) is 50.2 Å². The SMILES string of the molecule is [C-]#[N+]C1=C[C@]2(C)C3=CC(=O)[C@@H]4[C@@H]5CC(C)(C)CC[C@]5(C(=O)OC)CC[C@@]4(C)[C@]3(C#C)CC[C@H]2C(C)(C)C1=O. The predicted octanol–water partition coefficient (Wildman–Crippen LogP) is 6.35. The summed E-state index contributed by atoms with van der Waals surface area (Å²) in [6, 6.07) is 0. The van der Waals surface area contributed by atoms with Crippen LogP contribution in [0, 0.1) is 69.2 Å². The summed E-state index contributed by atoms with van der Waals surface area (Å²) in [6.45, 7) is 20.3. The molecule has 0 spiro atoms. The summed E-state index contributed by atoms with van der Waals surface area (Å²) < 4.78 is 5.39. The van der Waals surface area contributed by atoms with E-state index in [0.29, 0.717) is 19.3 Å². The number of hydrogen-bond acceptors (Lipinski definition) is 4. The van der Waals surface area contributed by atoms with Gasteiger partial charge in [0.2, 0.25) is 5.70 Å². The number of allylic oxidation sites excluding steroid dienone is 4. The Morgan fingerprint density at radius 2 is 1.74 bits per heavy atom. The normalized spacial score (nSPS) is 44.5. The first-order valence-corrected chi connectivity index (χ1v) is 14.1. The highest BCUT2D eigenvalue weighted by molar-refractivity contribution is 6.03. The van der Waals surface area contributed by atoms with E-state index in [4.69, 9.17) is 17.7 Å². The number of methoxy groups -OCH3 is 1. The molecule has 0 saturated heterocycles. The third kappa shape index (κ3) is 3.03. The molecule has 7 atom stereocenters. The second-order valence-corrected chi connectivity index (χ2v) is 14.6. The second kappa shape index (κ2) is 7.94. The maximum atomic E-state index is 14.4. The van der Waals surface area contributed by atoms with Crippen LogP contribution >= 0.6 is 0 Å². The first-order valence-electron chi connectivity index (χ1n) is 14.1. The van der Waals surface area contributed by atoms with Crippen molar-refractivity contribution in [2.75, 3.05) is 7.11 Å². The number of rotatable bonds is 1. The van der Waals surface area contributed by atoms with Crippen LogP contribution in [0.2, 0.25) is 0 Å². The lowest BCUT2D eigenvalue weighted by Gasteiger charge is -2.68. The van der Waals surface area contributed by atoms with Gasteiger partial charge in [0.1, 0.15) is 0 Å². The van der Waals surface area contributed by atoms with Crippen molar-refractivity contribution < 1.29 is 19.1 Å². The summed E-state index contributed by atoms with van der Waals surface area (Å²) in [5.74, 6) is 2.40. The van der Waals surface area contributed by atoms with E-state index >= 15 is 0 Å². The van der Waals surface area contributed by atoms with E-state index in [1.165, 1.54) is 7.11 Å². The van der Waals surface area contributed by atoms with Crippen LogP contribution in [0.5, 0.6) is 0 Å². The van der Waals surface area contributed by atoms with Crippen molar-refractivity contribution in [1.82, 2.24) is 0 Å². The van der Waals surface area contributed by atoms with Crippen molar-refractivity contribution in [1.29, 1.82) is 0 Å². The van der Waals surface area contributed by atoms with E-state index in [1.54, 1.807) is 6.08 Å². The van der Waals surface area contributed by atoms with Crippen LogP contribution in [0.25, 0.3) is 4.85 Å². The van der Waals surface area contributed by atoms with Crippen molar-refractivity contribution in [2.45, 2.75) is 86.5 Å². The summed E-state index contributed by atoms with van der Waals surface area (Å²) in [6.07, 6.45) is 15.3. The summed E-state index contributed by atoms with van der Waals surface area (Å²) in [5, 5.41) is 0. The highest BCUT2D eigenvalue weighted by Gasteiger charge is 2.72. The molecule has 5 aliphatic rings. The maximum absolute atomic E-state index is 14.4. The lowest BCUT2D eigenvalue weighted by atomic mass is 9.34. The minimum absolute atomic E-state index is 0.0126. The number of carbonyl (C=O) groups excluding carboxylic acids is 3. The van der Waals surface area contributed by atoms with E-state index in [-0.39, 0.29) is 46.4 Å². The molecule has 0 aromatic carbocycles. The van der Waals surface area contributed by atoms with Gasteiger partial charge in [0, 0.05) is 16.7 Å². The first-order chi connectivity index (χ1) is 17.6. The standard InChI is InChI=1S/C33H41NO4/c1-10-33-12-11-23-29(4,5)26(36)21(34-8)19-30(23,6)24(33)17-22(35)25-20-18-28(2,3)13-15-32(20,27(37)38-9)16-14-31(25,33)7/h1,17,19-20,23,25H,11-16,18H2,2-7,9H3/t20-,23-,25-,30-,31+,32-,33+/m0/s1. The Morgan fingerprint density at radius 1 is 1.08 bits per heavy atom. The third-order valence-corrected chi connectivity index (χ3v) is 12.1. The summed E-state index contributed by atoms with van der Waals surface area (Å²) >= 11 is 0. The summed E-state index contributed by atoms with van der Waals surface area (Å²) in [7, 11) is 1.46. The number of carbonyl (C=O) groups is 3. The molecule has 0 heterocycles.